The van der Waals surface area contributed by atoms with Gasteiger partial charge in [-0.25, -0.2) is 9.50 Å². The number of hydrogen-bond acceptors (Lipinski definition) is 5. The summed E-state index contributed by atoms with van der Waals surface area (Å²) in [7, 11) is 0. The molecule has 0 aliphatic carbocycles. The van der Waals surface area contributed by atoms with E-state index >= 15 is 0 Å². The maximum atomic E-state index is 12.6. The van der Waals surface area contributed by atoms with E-state index in [0.717, 1.165) is 5.69 Å². The summed E-state index contributed by atoms with van der Waals surface area (Å²) in [6, 6.07) is 8.76. The van der Waals surface area contributed by atoms with Crippen LogP contribution in [0, 0.1) is 0 Å². The Hall–Kier alpha value is -3.28. The number of aromatic nitrogens is 4. The highest BCUT2D eigenvalue weighted by molar-refractivity contribution is 6.12. The third-order valence-corrected chi connectivity index (χ3v) is 3.36. The van der Waals surface area contributed by atoms with Gasteiger partial charge in [-0.1, -0.05) is 0 Å². The van der Waals surface area contributed by atoms with Gasteiger partial charge in [0.25, 0.3) is 0 Å². The number of ketones is 1. The first-order valence-electron chi connectivity index (χ1n) is 6.66. The molecule has 0 aliphatic heterocycles. The second-order valence-corrected chi connectivity index (χ2v) is 4.67. The minimum atomic E-state index is -0.138. The van der Waals surface area contributed by atoms with Crippen molar-refractivity contribution in [2.45, 2.75) is 0 Å². The fraction of sp³-hybridized carbons (Fsp3) is 0. The van der Waals surface area contributed by atoms with Crippen molar-refractivity contribution >= 4 is 11.4 Å². The lowest BCUT2D eigenvalue weighted by molar-refractivity contribution is 0.104. The van der Waals surface area contributed by atoms with E-state index < -0.39 is 0 Å². The number of rotatable bonds is 3. The molecule has 0 atom stereocenters. The van der Waals surface area contributed by atoms with Crippen LogP contribution in [0.4, 0.5) is 0 Å². The Balaban J connectivity index is 1.88. The summed E-state index contributed by atoms with van der Waals surface area (Å²) < 4.78 is 7.00. The van der Waals surface area contributed by atoms with Crippen LogP contribution in [0.1, 0.15) is 15.9 Å². The molecule has 0 aliphatic rings. The molecule has 0 radical (unpaired) electrons. The molecular formula is C16H10N4O2. The summed E-state index contributed by atoms with van der Waals surface area (Å²) in [5.74, 6) is 0.528. The molecule has 4 aromatic heterocycles. The summed E-state index contributed by atoms with van der Waals surface area (Å²) in [5, 5.41) is 4.28. The molecule has 0 fully saturated rings. The lowest BCUT2D eigenvalue weighted by atomic mass is 10.1. The molecule has 4 aromatic rings. The number of hydrogen-bond donors (Lipinski definition) is 0. The molecule has 4 rings (SSSR count). The van der Waals surface area contributed by atoms with Crippen molar-refractivity contribution < 1.29 is 9.21 Å². The van der Waals surface area contributed by atoms with E-state index in [9.17, 15) is 4.79 Å². The Labute approximate surface area is 125 Å². The highest BCUT2D eigenvalue weighted by atomic mass is 16.3. The molecule has 0 bridgehead atoms. The minimum Gasteiger partial charge on any atom is -0.463 e. The molecule has 0 saturated carbocycles. The first kappa shape index (κ1) is 12.5. The Kier molecular flexibility index (Phi) is 2.79. The summed E-state index contributed by atoms with van der Waals surface area (Å²) in [5.41, 5.74) is 2.23. The first-order valence-corrected chi connectivity index (χ1v) is 6.66. The van der Waals surface area contributed by atoms with Gasteiger partial charge in [0.15, 0.2) is 17.2 Å². The Morgan fingerprint density at radius 1 is 1.09 bits per heavy atom. The van der Waals surface area contributed by atoms with Gasteiger partial charge in [0.2, 0.25) is 0 Å². The van der Waals surface area contributed by atoms with Crippen molar-refractivity contribution in [3.05, 3.63) is 72.5 Å². The van der Waals surface area contributed by atoms with Crippen molar-refractivity contribution in [3.63, 3.8) is 0 Å². The molecule has 0 spiro atoms. The van der Waals surface area contributed by atoms with Crippen LogP contribution in [0.15, 0.2) is 65.8 Å². The lowest BCUT2D eigenvalue weighted by Crippen LogP contribution is -2.02. The van der Waals surface area contributed by atoms with E-state index in [1.54, 1.807) is 53.6 Å². The van der Waals surface area contributed by atoms with Crippen molar-refractivity contribution in [3.8, 4) is 11.5 Å². The van der Waals surface area contributed by atoms with Crippen LogP contribution in [0.25, 0.3) is 17.1 Å². The van der Waals surface area contributed by atoms with Crippen molar-refractivity contribution in [1.82, 2.24) is 19.6 Å². The number of pyridine rings is 1. The van der Waals surface area contributed by atoms with Gasteiger partial charge in [-0.05, 0) is 30.3 Å². The van der Waals surface area contributed by atoms with Crippen LogP contribution in [0.3, 0.4) is 0 Å². The second kappa shape index (κ2) is 4.92. The van der Waals surface area contributed by atoms with E-state index in [0.29, 0.717) is 22.5 Å². The van der Waals surface area contributed by atoms with Crippen molar-refractivity contribution in [2.24, 2.45) is 0 Å². The number of furan rings is 1. The van der Waals surface area contributed by atoms with E-state index in [1.165, 1.54) is 6.20 Å². The van der Waals surface area contributed by atoms with Crippen LogP contribution < -0.4 is 0 Å². The van der Waals surface area contributed by atoms with Crippen LogP contribution in [0.2, 0.25) is 0 Å². The summed E-state index contributed by atoms with van der Waals surface area (Å²) >= 11 is 0. The standard InChI is InChI=1S/C16H10N4O2/c21-15(11-3-6-17-7-4-11)12-10-19-20-13(5-8-18-16(12)20)14-2-1-9-22-14/h1-10H. The maximum Gasteiger partial charge on any atom is 0.198 e. The van der Waals surface area contributed by atoms with E-state index in [-0.39, 0.29) is 5.78 Å². The zero-order valence-corrected chi connectivity index (χ0v) is 11.4. The molecule has 0 N–H and O–H groups in total. The average Bonchev–Trinajstić information content (AvgIpc) is 3.24. The minimum absolute atomic E-state index is 0.138. The SMILES string of the molecule is O=C(c1ccncc1)c1cnn2c(-c3ccco3)ccnc12. The lowest BCUT2D eigenvalue weighted by Gasteiger charge is -2.02. The first-order chi connectivity index (χ1) is 10.8. The number of nitrogens with zero attached hydrogens (tertiary/aromatic N) is 4. The number of carbonyl (C=O) groups is 1. The molecule has 4 heterocycles. The zero-order valence-electron chi connectivity index (χ0n) is 11.4. The Morgan fingerprint density at radius 3 is 2.73 bits per heavy atom. The normalized spacial score (nSPS) is 10.9. The third-order valence-electron chi connectivity index (χ3n) is 3.36. The molecule has 0 amide bonds. The van der Waals surface area contributed by atoms with Crippen LogP contribution >= 0.6 is 0 Å². The van der Waals surface area contributed by atoms with Crippen molar-refractivity contribution in [1.29, 1.82) is 0 Å². The smallest absolute Gasteiger partial charge is 0.198 e. The van der Waals surface area contributed by atoms with Gasteiger partial charge in [0.1, 0.15) is 5.69 Å². The van der Waals surface area contributed by atoms with Crippen LogP contribution in [-0.4, -0.2) is 25.4 Å². The largest absolute Gasteiger partial charge is 0.463 e. The van der Waals surface area contributed by atoms with Gasteiger partial charge < -0.3 is 4.42 Å². The summed E-state index contributed by atoms with van der Waals surface area (Å²) in [6.07, 6.45) is 7.92. The predicted octanol–water partition coefficient (Wildman–Crippen LogP) is 2.62. The molecule has 6 heteroatoms. The highest BCUT2D eigenvalue weighted by Crippen LogP contribution is 2.22. The topological polar surface area (TPSA) is 73.3 Å². The van der Waals surface area contributed by atoms with E-state index in [4.69, 9.17) is 4.42 Å². The van der Waals surface area contributed by atoms with Gasteiger partial charge in [-0.2, -0.15) is 5.10 Å². The number of fused-ring (bicyclic) bond motifs is 1. The van der Waals surface area contributed by atoms with Gasteiger partial charge >= 0.3 is 0 Å². The second-order valence-electron chi connectivity index (χ2n) is 4.67. The molecule has 0 unspecified atom stereocenters. The molecule has 6 nitrogen and oxygen atoms in total. The summed E-state index contributed by atoms with van der Waals surface area (Å²) in [6.45, 7) is 0. The van der Waals surface area contributed by atoms with E-state index in [2.05, 4.69) is 15.1 Å². The predicted molar refractivity (Wildman–Crippen MR) is 78.4 cm³/mol. The number of carbonyl (C=O) groups excluding carboxylic acids is 1. The molecule has 22 heavy (non-hydrogen) atoms. The maximum absolute atomic E-state index is 12.6. The van der Waals surface area contributed by atoms with Crippen LogP contribution in [-0.2, 0) is 0 Å². The fourth-order valence-corrected chi connectivity index (χ4v) is 2.32. The van der Waals surface area contributed by atoms with Gasteiger partial charge in [-0.15, -0.1) is 0 Å². The van der Waals surface area contributed by atoms with Crippen LogP contribution in [0.5, 0.6) is 0 Å². The quantitative estimate of drug-likeness (QED) is 0.542. The molecule has 0 aromatic carbocycles. The average molecular weight is 290 g/mol. The Morgan fingerprint density at radius 2 is 1.95 bits per heavy atom. The van der Waals surface area contributed by atoms with Gasteiger partial charge in [-0.3, -0.25) is 9.78 Å². The molecule has 106 valence electrons. The molecule has 0 saturated heterocycles. The summed E-state index contributed by atoms with van der Waals surface area (Å²) in [4.78, 5) is 20.8. The Bertz CT molecular complexity index is 943. The zero-order chi connectivity index (χ0) is 14.9. The fourth-order valence-electron chi connectivity index (χ4n) is 2.32. The monoisotopic (exact) mass is 290 g/mol. The third kappa shape index (κ3) is 1.89. The highest BCUT2D eigenvalue weighted by Gasteiger charge is 2.18. The van der Waals surface area contributed by atoms with Gasteiger partial charge in [0.05, 0.1) is 18.0 Å². The van der Waals surface area contributed by atoms with E-state index in [1.807, 2.05) is 6.07 Å². The molecular weight excluding hydrogens is 280 g/mol. The van der Waals surface area contributed by atoms with Crippen molar-refractivity contribution in [2.75, 3.05) is 0 Å². The van der Waals surface area contributed by atoms with Gasteiger partial charge in [0, 0.05) is 24.2 Å².